The molecule has 2 N–H and O–H groups in total. The molecule has 0 saturated heterocycles. The highest BCUT2D eigenvalue weighted by Gasteiger charge is 2.18. The van der Waals surface area contributed by atoms with Gasteiger partial charge in [0.2, 0.25) is 0 Å². The van der Waals surface area contributed by atoms with E-state index < -0.39 is 16.7 Å². The van der Waals surface area contributed by atoms with E-state index in [0.717, 1.165) is 22.6 Å². The molecule has 0 aliphatic rings. The molecule has 8 nitrogen and oxygen atoms in total. The summed E-state index contributed by atoms with van der Waals surface area (Å²) in [6, 6.07) is 14.7. The smallest absolute Gasteiger partial charge is 0.271 e. The van der Waals surface area contributed by atoms with Gasteiger partial charge in [0.25, 0.3) is 17.5 Å². The number of aromatic nitrogens is 1. The van der Waals surface area contributed by atoms with E-state index in [-0.39, 0.29) is 11.3 Å². The third-order valence-corrected chi connectivity index (χ3v) is 4.66. The quantitative estimate of drug-likeness (QED) is 0.524. The first kappa shape index (κ1) is 19.8. The number of nitro benzene ring substituents is 1. The van der Waals surface area contributed by atoms with Crippen LogP contribution in [-0.2, 0) is 0 Å². The molecule has 3 rings (SSSR count). The van der Waals surface area contributed by atoms with Crippen molar-refractivity contribution in [2.24, 2.45) is 0 Å². The third kappa shape index (κ3) is 4.01. The average Bonchev–Trinajstić information content (AvgIpc) is 3.00. The fraction of sp³-hybridized carbons (Fsp3) is 0.143. The first-order valence-electron chi connectivity index (χ1n) is 8.89. The van der Waals surface area contributed by atoms with E-state index in [0.29, 0.717) is 5.56 Å². The van der Waals surface area contributed by atoms with Gasteiger partial charge in [-0.15, -0.1) is 0 Å². The summed E-state index contributed by atoms with van der Waals surface area (Å²) in [5, 5.41) is 10.7. The van der Waals surface area contributed by atoms with Gasteiger partial charge in [-0.05, 0) is 50.6 Å². The molecule has 148 valence electrons. The SMILES string of the molecule is Cc1ccccc1-n1c(C)cc(C(=O)NNC(=O)c2ccc([N+](=O)[O-])cc2)c1C. The number of amides is 2. The number of nitro groups is 1. The Hall–Kier alpha value is -3.94. The van der Waals surface area contributed by atoms with Crippen LogP contribution in [0.1, 0.15) is 37.7 Å². The van der Waals surface area contributed by atoms with E-state index in [1.807, 2.05) is 49.6 Å². The number of benzene rings is 2. The Morgan fingerprint density at radius 2 is 1.55 bits per heavy atom. The van der Waals surface area contributed by atoms with Crippen LogP contribution >= 0.6 is 0 Å². The Kier molecular flexibility index (Phi) is 5.45. The molecule has 2 amide bonds. The van der Waals surface area contributed by atoms with Gasteiger partial charge in [-0.2, -0.15) is 0 Å². The van der Waals surface area contributed by atoms with Crippen LogP contribution in [0.25, 0.3) is 5.69 Å². The lowest BCUT2D eigenvalue weighted by atomic mass is 10.2. The van der Waals surface area contributed by atoms with Gasteiger partial charge in [-0.25, -0.2) is 0 Å². The lowest BCUT2D eigenvalue weighted by molar-refractivity contribution is -0.384. The molecule has 0 radical (unpaired) electrons. The second kappa shape index (κ2) is 7.97. The van der Waals surface area contributed by atoms with Gasteiger partial charge in [-0.1, -0.05) is 18.2 Å². The van der Waals surface area contributed by atoms with Crippen LogP contribution < -0.4 is 10.9 Å². The minimum absolute atomic E-state index is 0.116. The Morgan fingerprint density at radius 3 is 2.17 bits per heavy atom. The minimum Gasteiger partial charge on any atom is -0.317 e. The molecule has 0 atom stereocenters. The number of hydrogen-bond acceptors (Lipinski definition) is 4. The number of hydrogen-bond donors (Lipinski definition) is 2. The van der Waals surface area contributed by atoms with Crippen molar-refractivity contribution in [2.75, 3.05) is 0 Å². The van der Waals surface area contributed by atoms with E-state index >= 15 is 0 Å². The van der Waals surface area contributed by atoms with Gasteiger partial charge < -0.3 is 4.57 Å². The summed E-state index contributed by atoms with van der Waals surface area (Å²) in [6.45, 7) is 5.75. The van der Waals surface area contributed by atoms with E-state index in [1.165, 1.54) is 24.3 Å². The van der Waals surface area contributed by atoms with Crippen LogP contribution in [0.2, 0.25) is 0 Å². The zero-order valence-corrected chi connectivity index (χ0v) is 16.2. The van der Waals surface area contributed by atoms with Crippen LogP contribution in [0.15, 0.2) is 54.6 Å². The highest BCUT2D eigenvalue weighted by molar-refractivity contribution is 6.00. The molecule has 1 heterocycles. The Morgan fingerprint density at radius 1 is 0.931 bits per heavy atom. The predicted octanol–water partition coefficient (Wildman–Crippen LogP) is 3.39. The monoisotopic (exact) mass is 392 g/mol. The Balaban J connectivity index is 1.75. The van der Waals surface area contributed by atoms with Crippen LogP contribution in [0.3, 0.4) is 0 Å². The number of nitrogens with one attached hydrogen (secondary N) is 2. The molecular weight excluding hydrogens is 372 g/mol. The van der Waals surface area contributed by atoms with Gasteiger partial charge in [0.05, 0.1) is 10.5 Å². The summed E-state index contributed by atoms with van der Waals surface area (Å²) in [5.74, 6) is -1.02. The van der Waals surface area contributed by atoms with E-state index in [4.69, 9.17) is 0 Å². The number of aryl methyl sites for hydroxylation is 2. The molecule has 0 fully saturated rings. The van der Waals surface area contributed by atoms with Crippen LogP contribution in [0.4, 0.5) is 5.69 Å². The zero-order valence-electron chi connectivity index (χ0n) is 16.2. The molecule has 1 aromatic heterocycles. The second-order valence-electron chi connectivity index (χ2n) is 6.62. The Bertz CT molecular complexity index is 1100. The van der Waals surface area contributed by atoms with Crippen LogP contribution in [0.5, 0.6) is 0 Å². The maximum atomic E-state index is 12.6. The molecule has 29 heavy (non-hydrogen) atoms. The van der Waals surface area contributed by atoms with Gasteiger partial charge in [0.1, 0.15) is 0 Å². The highest BCUT2D eigenvalue weighted by atomic mass is 16.6. The van der Waals surface area contributed by atoms with Gasteiger partial charge in [-0.3, -0.25) is 30.6 Å². The fourth-order valence-electron chi connectivity index (χ4n) is 3.17. The van der Waals surface area contributed by atoms with E-state index in [2.05, 4.69) is 10.9 Å². The van der Waals surface area contributed by atoms with Gasteiger partial charge in [0, 0.05) is 34.8 Å². The molecular formula is C21H20N4O4. The maximum absolute atomic E-state index is 12.6. The first-order chi connectivity index (χ1) is 13.8. The van der Waals surface area contributed by atoms with Crippen molar-refractivity contribution in [1.82, 2.24) is 15.4 Å². The third-order valence-electron chi connectivity index (χ3n) is 4.66. The Labute approximate surface area is 167 Å². The van der Waals surface area contributed by atoms with Crippen molar-refractivity contribution in [1.29, 1.82) is 0 Å². The molecule has 0 saturated carbocycles. The summed E-state index contributed by atoms with van der Waals surface area (Å²) in [7, 11) is 0. The second-order valence-corrected chi connectivity index (χ2v) is 6.62. The number of rotatable bonds is 4. The van der Waals surface area contributed by atoms with Crippen molar-refractivity contribution >= 4 is 17.5 Å². The standard InChI is InChI=1S/C21H20N4O4/c1-13-6-4-5-7-19(13)24-14(2)12-18(15(24)3)21(27)23-22-20(26)16-8-10-17(11-9-16)25(28)29/h4-12H,1-3H3,(H,22,26)(H,23,27). The topological polar surface area (TPSA) is 106 Å². The molecule has 3 aromatic rings. The molecule has 2 aromatic carbocycles. The lowest BCUT2D eigenvalue weighted by Gasteiger charge is -2.13. The first-order valence-corrected chi connectivity index (χ1v) is 8.89. The zero-order chi connectivity index (χ0) is 21.1. The molecule has 0 aliphatic heterocycles. The molecule has 0 unspecified atom stereocenters. The van der Waals surface area contributed by atoms with Gasteiger partial charge >= 0.3 is 0 Å². The van der Waals surface area contributed by atoms with Crippen molar-refractivity contribution in [3.05, 3.63) is 92.8 Å². The molecule has 8 heteroatoms. The highest BCUT2D eigenvalue weighted by Crippen LogP contribution is 2.23. The summed E-state index contributed by atoms with van der Waals surface area (Å²) >= 11 is 0. The van der Waals surface area contributed by atoms with Gasteiger partial charge in [0.15, 0.2) is 0 Å². The normalized spacial score (nSPS) is 10.4. The number of hydrazine groups is 1. The van der Waals surface area contributed by atoms with Crippen molar-refractivity contribution in [3.8, 4) is 5.69 Å². The molecule has 0 spiro atoms. The number of nitrogens with zero attached hydrogens (tertiary/aromatic N) is 2. The summed E-state index contributed by atoms with van der Waals surface area (Å²) in [5.41, 5.74) is 8.95. The number of carbonyl (C=O) groups is 2. The minimum atomic E-state index is -0.569. The molecule has 0 bridgehead atoms. The summed E-state index contributed by atoms with van der Waals surface area (Å²) < 4.78 is 1.99. The number of carbonyl (C=O) groups excluding carboxylic acids is 2. The van der Waals surface area contributed by atoms with Crippen LogP contribution in [0, 0.1) is 30.9 Å². The average molecular weight is 392 g/mol. The molecule has 0 aliphatic carbocycles. The largest absolute Gasteiger partial charge is 0.317 e. The van der Waals surface area contributed by atoms with E-state index in [9.17, 15) is 19.7 Å². The summed E-state index contributed by atoms with van der Waals surface area (Å²) in [6.07, 6.45) is 0. The predicted molar refractivity (Wildman–Crippen MR) is 108 cm³/mol. The van der Waals surface area contributed by atoms with Crippen LogP contribution in [-0.4, -0.2) is 21.3 Å². The van der Waals surface area contributed by atoms with Crippen molar-refractivity contribution in [3.63, 3.8) is 0 Å². The van der Waals surface area contributed by atoms with Crippen molar-refractivity contribution in [2.45, 2.75) is 20.8 Å². The lowest BCUT2D eigenvalue weighted by Crippen LogP contribution is -2.41. The fourth-order valence-corrected chi connectivity index (χ4v) is 3.17. The summed E-state index contributed by atoms with van der Waals surface area (Å²) in [4.78, 5) is 34.9. The number of non-ortho nitro benzene ring substituents is 1. The number of para-hydroxylation sites is 1. The van der Waals surface area contributed by atoms with E-state index in [1.54, 1.807) is 6.07 Å². The maximum Gasteiger partial charge on any atom is 0.271 e. The van der Waals surface area contributed by atoms with Crippen molar-refractivity contribution < 1.29 is 14.5 Å².